The van der Waals surface area contributed by atoms with Gasteiger partial charge in [-0.15, -0.1) is 4.80 Å². The maximum Gasteiger partial charge on any atom is 0.332 e. The largest absolute Gasteiger partial charge is 0.496 e. The number of Topliss-reactive ketones (excluding diaryl/α,β-unsaturated/α-hetero) is 1. The van der Waals surface area contributed by atoms with Crippen molar-refractivity contribution in [3.63, 3.8) is 0 Å². The lowest BCUT2D eigenvalue weighted by atomic mass is 9.81. The number of carbonyl (C=O) groups is 1. The molecule has 1 unspecified atom stereocenters. The van der Waals surface area contributed by atoms with Gasteiger partial charge in [0.25, 0.3) is 5.56 Å². The summed E-state index contributed by atoms with van der Waals surface area (Å²) in [5.74, 6) is -0.000527. The van der Waals surface area contributed by atoms with Crippen molar-refractivity contribution in [2.24, 2.45) is 5.92 Å². The molecule has 1 saturated carbocycles. The van der Waals surface area contributed by atoms with Gasteiger partial charge in [0.1, 0.15) is 27.5 Å². The number of rotatable bonds is 13. The standard InChI is InChI=1S/C29H34FN5O6S/c1-17-25-26(37)34(18(2)22(36)14-19-6-5-7-19)29(38)33(28(25)42-27(17)35-31-10-11-32-35)16-24(41-13-12-39-3)21-15-20(30)8-9-23(21)40-4/h8-11,15,18-19,24H,5-7,12-14,16H2,1-4H3/t18?,24-/m0/s1. The molecule has 1 aromatic carbocycles. The van der Waals surface area contributed by atoms with E-state index >= 15 is 0 Å². The fourth-order valence-electron chi connectivity index (χ4n) is 5.30. The molecule has 4 aromatic rings. The minimum absolute atomic E-state index is 0.0887. The number of benzene rings is 1. The summed E-state index contributed by atoms with van der Waals surface area (Å²) in [4.78, 5) is 43.2. The highest BCUT2D eigenvalue weighted by atomic mass is 32.1. The first-order valence-corrected chi connectivity index (χ1v) is 14.7. The van der Waals surface area contributed by atoms with E-state index in [9.17, 15) is 18.8 Å². The number of thiophene rings is 1. The number of hydrogen-bond acceptors (Lipinski definition) is 9. The molecule has 0 spiro atoms. The Bertz CT molecular complexity index is 1690. The van der Waals surface area contributed by atoms with E-state index in [1.165, 1.54) is 65.5 Å². The number of carbonyl (C=O) groups excluding carboxylic acids is 1. The highest BCUT2D eigenvalue weighted by Crippen LogP contribution is 2.35. The summed E-state index contributed by atoms with van der Waals surface area (Å²) in [5, 5.41) is 9.29. The molecular formula is C29H34FN5O6S. The van der Waals surface area contributed by atoms with Crippen molar-refractivity contribution >= 4 is 27.3 Å². The molecule has 0 aliphatic heterocycles. The van der Waals surface area contributed by atoms with Crippen molar-refractivity contribution in [2.75, 3.05) is 27.4 Å². The molecule has 1 aliphatic carbocycles. The van der Waals surface area contributed by atoms with Crippen molar-refractivity contribution in [3.05, 3.63) is 68.4 Å². The maximum atomic E-state index is 14.5. The molecule has 224 valence electrons. The third-order valence-corrected chi connectivity index (χ3v) is 9.16. The number of aryl methyl sites for hydroxylation is 1. The lowest BCUT2D eigenvalue weighted by Crippen LogP contribution is -2.44. The van der Waals surface area contributed by atoms with Crippen LogP contribution in [-0.2, 0) is 20.8 Å². The molecule has 0 N–H and O–H groups in total. The first-order chi connectivity index (χ1) is 20.2. The summed E-state index contributed by atoms with van der Waals surface area (Å²) < 4.78 is 33.7. The Morgan fingerprint density at radius 2 is 1.90 bits per heavy atom. The van der Waals surface area contributed by atoms with E-state index in [1.807, 2.05) is 0 Å². The van der Waals surface area contributed by atoms with E-state index < -0.39 is 29.2 Å². The van der Waals surface area contributed by atoms with E-state index in [-0.39, 0.29) is 36.8 Å². The average molecular weight is 600 g/mol. The second kappa shape index (κ2) is 12.7. The molecule has 0 amide bonds. The van der Waals surface area contributed by atoms with Gasteiger partial charge in [-0.25, -0.2) is 13.8 Å². The monoisotopic (exact) mass is 599 g/mol. The lowest BCUT2D eigenvalue weighted by molar-refractivity contribution is -0.123. The number of fused-ring (bicyclic) bond motifs is 1. The van der Waals surface area contributed by atoms with Crippen LogP contribution in [0.2, 0.25) is 0 Å². The molecule has 13 heteroatoms. The summed E-state index contributed by atoms with van der Waals surface area (Å²) in [6.07, 6.45) is 5.52. The van der Waals surface area contributed by atoms with Gasteiger partial charge >= 0.3 is 5.69 Å². The molecule has 42 heavy (non-hydrogen) atoms. The molecule has 2 atom stereocenters. The number of halogens is 1. The van der Waals surface area contributed by atoms with Crippen LogP contribution in [-0.4, -0.2) is 57.3 Å². The van der Waals surface area contributed by atoms with Gasteiger partial charge in [0, 0.05) is 24.7 Å². The Balaban J connectivity index is 1.70. The van der Waals surface area contributed by atoms with Gasteiger partial charge < -0.3 is 14.2 Å². The molecule has 5 rings (SSSR count). The van der Waals surface area contributed by atoms with E-state index in [2.05, 4.69) is 10.2 Å². The minimum atomic E-state index is -0.969. The zero-order chi connectivity index (χ0) is 30.0. The molecule has 3 heterocycles. The second-order valence-corrected chi connectivity index (χ2v) is 11.5. The third kappa shape index (κ3) is 5.68. The minimum Gasteiger partial charge on any atom is -0.496 e. The van der Waals surface area contributed by atoms with Crippen LogP contribution in [0.3, 0.4) is 0 Å². The van der Waals surface area contributed by atoms with E-state index in [1.54, 1.807) is 13.8 Å². The predicted molar refractivity (Wildman–Crippen MR) is 155 cm³/mol. The first kappa shape index (κ1) is 29.8. The smallest absolute Gasteiger partial charge is 0.332 e. The van der Waals surface area contributed by atoms with Crippen LogP contribution in [0.15, 0.2) is 40.2 Å². The fourth-order valence-corrected chi connectivity index (χ4v) is 6.52. The van der Waals surface area contributed by atoms with Crippen LogP contribution in [0.4, 0.5) is 4.39 Å². The molecule has 0 radical (unpaired) electrons. The van der Waals surface area contributed by atoms with Crippen LogP contribution < -0.4 is 16.0 Å². The number of ether oxygens (including phenoxy) is 3. The van der Waals surface area contributed by atoms with Crippen LogP contribution in [0.1, 0.15) is 55.9 Å². The number of methoxy groups -OCH3 is 2. The summed E-state index contributed by atoms with van der Waals surface area (Å²) in [6.45, 7) is 3.69. The predicted octanol–water partition coefficient (Wildman–Crippen LogP) is 3.99. The number of aromatic nitrogens is 5. The van der Waals surface area contributed by atoms with Crippen molar-refractivity contribution < 1.29 is 23.4 Å². The molecular weight excluding hydrogens is 565 g/mol. The van der Waals surface area contributed by atoms with Gasteiger partial charge in [-0.05, 0) is 38.0 Å². The Morgan fingerprint density at radius 1 is 1.17 bits per heavy atom. The Kier molecular flexibility index (Phi) is 8.99. The zero-order valence-corrected chi connectivity index (χ0v) is 24.9. The molecule has 11 nitrogen and oxygen atoms in total. The SMILES string of the molecule is COCCO[C@@H](Cn1c(=O)n(C(C)C(=O)CC2CCC2)c(=O)c2c(C)c(-n3nccn3)sc21)c1cc(F)ccc1OC. The molecule has 3 aromatic heterocycles. The van der Waals surface area contributed by atoms with E-state index in [4.69, 9.17) is 14.2 Å². The second-order valence-electron chi connectivity index (χ2n) is 10.5. The maximum absolute atomic E-state index is 14.5. The number of hydrogen-bond donors (Lipinski definition) is 0. The van der Waals surface area contributed by atoms with Gasteiger partial charge in [-0.1, -0.05) is 30.6 Å². The quantitative estimate of drug-likeness (QED) is 0.212. The Morgan fingerprint density at radius 3 is 2.55 bits per heavy atom. The topological polar surface area (TPSA) is 119 Å². The van der Waals surface area contributed by atoms with Crippen molar-refractivity contribution in [2.45, 2.75) is 58.2 Å². The normalized spacial score (nSPS) is 15.1. The molecule has 0 saturated heterocycles. The van der Waals surface area contributed by atoms with Gasteiger partial charge in [0.05, 0.1) is 50.7 Å². The van der Waals surface area contributed by atoms with Crippen molar-refractivity contribution in [3.8, 4) is 10.8 Å². The number of ketones is 1. The van der Waals surface area contributed by atoms with Gasteiger partial charge in [0.15, 0.2) is 5.78 Å². The number of nitrogens with zero attached hydrogens (tertiary/aromatic N) is 5. The Hall–Kier alpha value is -3.68. The third-order valence-electron chi connectivity index (χ3n) is 7.88. The molecule has 0 bridgehead atoms. The van der Waals surface area contributed by atoms with Crippen LogP contribution in [0.5, 0.6) is 5.75 Å². The van der Waals surface area contributed by atoms with E-state index in [0.717, 1.165) is 23.8 Å². The summed E-state index contributed by atoms with van der Waals surface area (Å²) in [7, 11) is 3.00. The first-order valence-electron chi connectivity index (χ1n) is 13.9. The zero-order valence-electron chi connectivity index (χ0n) is 24.0. The fraction of sp³-hybridized carbons (Fsp3) is 0.483. The highest BCUT2D eigenvalue weighted by molar-refractivity contribution is 7.21. The summed E-state index contributed by atoms with van der Waals surface area (Å²) in [6, 6.07) is 3.11. The summed E-state index contributed by atoms with van der Waals surface area (Å²) >= 11 is 1.18. The van der Waals surface area contributed by atoms with Gasteiger partial charge in [-0.3, -0.25) is 14.2 Å². The van der Waals surface area contributed by atoms with Crippen LogP contribution in [0.25, 0.3) is 15.2 Å². The lowest BCUT2D eigenvalue weighted by Gasteiger charge is -2.26. The average Bonchev–Trinajstić information content (AvgIpc) is 3.60. The van der Waals surface area contributed by atoms with Gasteiger partial charge in [0.2, 0.25) is 0 Å². The van der Waals surface area contributed by atoms with E-state index in [0.29, 0.717) is 33.1 Å². The highest BCUT2D eigenvalue weighted by Gasteiger charge is 2.30. The molecule has 1 fully saturated rings. The van der Waals surface area contributed by atoms with Crippen LogP contribution in [0, 0.1) is 18.7 Å². The summed E-state index contributed by atoms with van der Waals surface area (Å²) in [5.41, 5.74) is -0.229. The molecule has 1 aliphatic rings. The van der Waals surface area contributed by atoms with Crippen LogP contribution >= 0.6 is 11.3 Å². The van der Waals surface area contributed by atoms with Gasteiger partial charge in [-0.2, -0.15) is 10.2 Å². The van der Waals surface area contributed by atoms with Crippen molar-refractivity contribution in [1.29, 1.82) is 0 Å². The Labute approximate surface area is 245 Å². The van der Waals surface area contributed by atoms with Crippen molar-refractivity contribution in [1.82, 2.24) is 24.1 Å².